The number of hydrogen-bond donors (Lipinski definition) is 2. The molecule has 1 aromatic heterocycles. The number of fused-ring (bicyclic) bond motifs is 1. The number of amides is 1. The van der Waals surface area contributed by atoms with Gasteiger partial charge in [0.2, 0.25) is 0 Å². The van der Waals surface area contributed by atoms with Crippen LogP contribution in [-0.2, 0) is 0 Å². The Bertz CT molecular complexity index is 617. The van der Waals surface area contributed by atoms with Gasteiger partial charge < -0.3 is 19.9 Å². The summed E-state index contributed by atoms with van der Waals surface area (Å²) in [5.74, 6) is 0.127. The number of aromatic nitrogens is 1. The van der Waals surface area contributed by atoms with Crippen molar-refractivity contribution in [2.45, 2.75) is 6.04 Å². The summed E-state index contributed by atoms with van der Waals surface area (Å²) in [6.45, 7) is 1.37. The molecule has 21 heavy (non-hydrogen) atoms. The summed E-state index contributed by atoms with van der Waals surface area (Å²) in [6, 6.07) is 9.98. The maximum absolute atomic E-state index is 12.6. The number of para-hydroxylation sites is 1. The average molecular weight is 287 g/mol. The monoisotopic (exact) mass is 287 g/mol. The lowest BCUT2D eigenvalue weighted by Crippen LogP contribution is -2.37. The van der Waals surface area contributed by atoms with Crippen molar-refractivity contribution in [3.63, 3.8) is 0 Å². The van der Waals surface area contributed by atoms with Crippen molar-refractivity contribution in [1.82, 2.24) is 14.8 Å². The predicted molar refractivity (Wildman–Crippen MR) is 82.3 cm³/mol. The molecule has 0 radical (unpaired) electrons. The molecule has 3 rings (SSSR count). The molecule has 1 fully saturated rings. The zero-order valence-corrected chi connectivity index (χ0v) is 12.4. The first-order valence-electron chi connectivity index (χ1n) is 7.24. The van der Waals surface area contributed by atoms with Crippen LogP contribution in [-0.4, -0.2) is 65.6 Å². The van der Waals surface area contributed by atoms with Crippen LogP contribution in [0.5, 0.6) is 0 Å². The zero-order chi connectivity index (χ0) is 15.0. The lowest BCUT2D eigenvalue weighted by atomic mass is 10.0. The maximum atomic E-state index is 12.6. The second-order valence-electron chi connectivity index (χ2n) is 5.95. The standard InChI is InChI=1S/C16H21N3O2/c1-18(2)15-9-19(8-12(15)10-20)16(21)14-7-11-5-3-4-6-13(11)17-14/h3-7,12,15,17,20H,8-10H2,1-2H3/t12-,15+/m0/s1. The molecule has 2 N–H and O–H groups in total. The number of hydrogen-bond acceptors (Lipinski definition) is 3. The van der Waals surface area contributed by atoms with Crippen LogP contribution < -0.4 is 0 Å². The highest BCUT2D eigenvalue weighted by molar-refractivity contribution is 5.98. The number of nitrogens with one attached hydrogen (secondary N) is 1. The first kappa shape index (κ1) is 14.1. The fourth-order valence-electron chi connectivity index (χ4n) is 3.14. The van der Waals surface area contributed by atoms with E-state index in [2.05, 4.69) is 9.88 Å². The van der Waals surface area contributed by atoms with Crippen LogP contribution in [0.2, 0.25) is 0 Å². The molecule has 1 amide bonds. The highest BCUT2D eigenvalue weighted by atomic mass is 16.3. The number of carbonyl (C=O) groups is 1. The van der Waals surface area contributed by atoms with E-state index < -0.39 is 0 Å². The van der Waals surface area contributed by atoms with E-state index in [-0.39, 0.29) is 24.5 Å². The lowest BCUT2D eigenvalue weighted by molar-refractivity contribution is 0.0774. The summed E-state index contributed by atoms with van der Waals surface area (Å²) >= 11 is 0. The Morgan fingerprint density at radius 2 is 2.14 bits per heavy atom. The third-order valence-corrected chi connectivity index (χ3v) is 4.35. The van der Waals surface area contributed by atoms with Crippen molar-refractivity contribution >= 4 is 16.8 Å². The largest absolute Gasteiger partial charge is 0.396 e. The number of aliphatic hydroxyl groups excluding tert-OH is 1. The van der Waals surface area contributed by atoms with Crippen molar-refractivity contribution < 1.29 is 9.90 Å². The number of likely N-dealkylation sites (tertiary alicyclic amines) is 1. The molecule has 2 atom stereocenters. The number of nitrogens with zero attached hydrogens (tertiary/aromatic N) is 2. The van der Waals surface area contributed by atoms with E-state index in [0.29, 0.717) is 18.8 Å². The Hall–Kier alpha value is -1.85. The molecule has 1 aliphatic heterocycles. The van der Waals surface area contributed by atoms with Gasteiger partial charge in [-0.2, -0.15) is 0 Å². The minimum atomic E-state index is 0.00833. The minimum Gasteiger partial charge on any atom is -0.396 e. The van der Waals surface area contributed by atoms with Gasteiger partial charge in [-0.05, 0) is 26.2 Å². The molecule has 0 bridgehead atoms. The summed E-state index contributed by atoms with van der Waals surface area (Å²) in [5.41, 5.74) is 1.59. The fourth-order valence-corrected chi connectivity index (χ4v) is 3.14. The van der Waals surface area contributed by atoms with E-state index in [1.807, 2.05) is 49.3 Å². The second-order valence-corrected chi connectivity index (χ2v) is 5.95. The molecule has 2 aromatic rings. The van der Waals surface area contributed by atoms with Crippen LogP contribution in [0.4, 0.5) is 0 Å². The molecule has 2 heterocycles. The van der Waals surface area contributed by atoms with Gasteiger partial charge in [0.1, 0.15) is 5.69 Å². The second kappa shape index (κ2) is 5.50. The first-order chi connectivity index (χ1) is 10.1. The molecular weight excluding hydrogens is 266 g/mol. The van der Waals surface area contributed by atoms with Gasteiger partial charge in [0.15, 0.2) is 0 Å². The van der Waals surface area contributed by atoms with Crippen LogP contribution in [0.15, 0.2) is 30.3 Å². The minimum absolute atomic E-state index is 0.00833. The summed E-state index contributed by atoms with van der Waals surface area (Å²) < 4.78 is 0. The van der Waals surface area contributed by atoms with Crippen LogP contribution in [0.3, 0.4) is 0 Å². The van der Waals surface area contributed by atoms with E-state index >= 15 is 0 Å². The van der Waals surface area contributed by atoms with Crippen molar-refractivity contribution in [3.05, 3.63) is 36.0 Å². The molecule has 0 spiro atoms. The van der Waals surface area contributed by atoms with Crippen LogP contribution in [0.25, 0.3) is 10.9 Å². The molecule has 1 saturated heterocycles. The van der Waals surface area contributed by atoms with Gasteiger partial charge in [-0.3, -0.25) is 4.79 Å². The normalized spacial score (nSPS) is 22.4. The fraction of sp³-hybridized carbons (Fsp3) is 0.438. The third kappa shape index (κ3) is 2.54. The number of likely N-dealkylation sites (N-methyl/N-ethyl adjacent to an activating group) is 1. The van der Waals surface area contributed by atoms with Gasteiger partial charge in [-0.1, -0.05) is 18.2 Å². The topological polar surface area (TPSA) is 59.6 Å². The summed E-state index contributed by atoms with van der Waals surface area (Å²) in [7, 11) is 3.98. The molecule has 112 valence electrons. The molecule has 1 aromatic carbocycles. The van der Waals surface area contributed by atoms with E-state index in [4.69, 9.17) is 0 Å². The predicted octanol–water partition coefficient (Wildman–Crippen LogP) is 1.16. The smallest absolute Gasteiger partial charge is 0.270 e. The van der Waals surface area contributed by atoms with Crippen LogP contribution in [0, 0.1) is 5.92 Å². The van der Waals surface area contributed by atoms with Gasteiger partial charge >= 0.3 is 0 Å². The molecular formula is C16H21N3O2. The number of carbonyl (C=O) groups excluding carboxylic acids is 1. The maximum Gasteiger partial charge on any atom is 0.270 e. The molecule has 1 aliphatic rings. The van der Waals surface area contributed by atoms with Gasteiger partial charge in [0.05, 0.1) is 0 Å². The third-order valence-electron chi connectivity index (χ3n) is 4.35. The average Bonchev–Trinajstić information content (AvgIpc) is 3.10. The van der Waals surface area contributed by atoms with Gasteiger partial charge in [-0.25, -0.2) is 0 Å². The van der Waals surface area contributed by atoms with E-state index in [1.165, 1.54) is 0 Å². The summed E-state index contributed by atoms with van der Waals surface area (Å²) in [6.07, 6.45) is 0. The van der Waals surface area contributed by atoms with E-state index in [1.54, 1.807) is 0 Å². The Morgan fingerprint density at radius 1 is 1.38 bits per heavy atom. The highest BCUT2D eigenvalue weighted by Crippen LogP contribution is 2.23. The molecule has 0 unspecified atom stereocenters. The van der Waals surface area contributed by atoms with Crippen molar-refractivity contribution in [1.29, 1.82) is 0 Å². The number of benzene rings is 1. The van der Waals surface area contributed by atoms with Crippen molar-refractivity contribution in [2.75, 3.05) is 33.8 Å². The van der Waals surface area contributed by atoms with Gasteiger partial charge in [0, 0.05) is 42.6 Å². The quantitative estimate of drug-likeness (QED) is 0.890. The molecule has 0 aliphatic carbocycles. The number of aromatic amines is 1. The molecule has 0 saturated carbocycles. The Kier molecular flexibility index (Phi) is 3.69. The SMILES string of the molecule is CN(C)[C@@H]1CN(C(=O)c2cc3ccccc3[nH]2)C[C@H]1CO. The molecule has 5 heteroatoms. The summed E-state index contributed by atoms with van der Waals surface area (Å²) in [4.78, 5) is 19.7. The van der Waals surface area contributed by atoms with Crippen LogP contribution >= 0.6 is 0 Å². The van der Waals surface area contributed by atoms with Gasteiger partial charge in [0.25, 0.3) is 5.91 Å². The van der Waals surface area contributed by atoms with Crippen molar-refractivity contribution in [3.8, 4) is 0 Å². The first-order valence-corrected chi connectivity index (χ1v) is 7.24. The Labute approximate surface area is 124 Å². The van der Waals surface area contributed by atoms with Crippen molar-refractivity contribution in [2.24, 2.45) is 5.92 Å². The number of H-pyrrole nitrogens is 1. The van der Waals surface area contributed by atoms with Crippen LogP contribution in [0.1, 0.15) is 10.5 Å². The number of aliphatic hydroxyl groups is 1. The number of rotatable bonds is 3. The Balaban J connectivity index is 1.82. The molecule has 5 nitrogen and oxygen atoms in total. The lowest BCUT2D eigenvalue weighted by Gasteiger charge is -2.23. The van der Waals surface area contributed by atoms with E-state index in [0.717, 1.165) is 10.9 Å². The van der Waals surface area contributed by atoms with Gasteiger partial charge in [-0.15, -0.1) is 0 Å². The summed E-state index contributed by atoms with van der Waals surface area (Å²) in [5, 5.41) is 10.5. The zero-order valence-electron chi connectivity index (χ0n) is 12.4. The Morgan fingerprint density at radius 3 is 2.76 bits per heavy atom. The highest BCUT2D eigenvalue weighted by Gasteiger charge is 2.36. The van der Waals surface area contributed by atoms with E-state index in [9.17, 15) is 9.90 Å².